The molecule has 0 radical (unpaired) electrons. The van der Waals surface area contributed by atoms with Gasteiger partial charge in [-0.1, -0.05) is 6.42 Å². The Bertz CT molecular complexity index is 586. The second-order valence-electron chi connectivity index (χ2n) is 6.15. The molecule has 3 unspecified atom stereocenters. The first-order valence-electron chi connectivity index (χ1n) is 7.10. The second kappa shape index (κ2) is 3.81. The summed E-state index contributed by atoms with van der Waals surface area (Å²) in [5, 5.41) is 0. The largest absolute Gasteiger partial charge is 0.341 e. The number of rotatable bonds is 2. The van der Waals surface area contributed by atoms with Gasteiger partial charge in [-0.05, 0) is 56.1 Å². The lowest BCUT2D eigenvalue weighted by molar-refractivity contribution is 0.327. The molecular weight excluding hydrogens is 222 g/mol. The summed E-state index contributed by atoms with van der Waals surface area (Å²) in [5.74, 6) is 3.99. The van der Waals surface area contributed by atoms with E-state index in [1.807, 2.05) is 13.0 Å². The fraction of sp³-hybridized carbons (Fsp3) is 0.600. The standard InChI is InChI=1S/C15H19N3/c1-9-2-5-13-15(16-9)18-14(17-13)8-12-7-10-3-4-11(12)6-10/h2,5,10-12H,3-4,6-8H2,1H3,(H,16,17,18). The predicted molar refractivity (Wildman–Crippen MR) is 71.3 cm³/mol. The fourth-order valence-corrected chi connectivity index (χ4v) is 4.01. The molecule has 2 saturated carbocycles. The number of aryl methyl sites for hydroxylation is 1. The van der Waals surface area contributed by atoms with E-state index in [0.29, 0.717) is 0 Å². The molecule has 4 rings (SSSR count). The first-order valence-corrected chi connectivity index (χ1v) is 7.10. The van der Waals surface area contributed by atoms with E-state index in [0.717, 1.165) is 46.9 Å². The number of nitrogens with zero attached hydrogens (tertiary/aromatic N) is 2. The topological polar surface area (TPSA) is 41.6 Å². The Morgan fingerprint density at radius 1 is 1.22 bits per heavy atom. The summed E-state index contributed by atoms with van der Waals surface area (Å²) < 4.78 is 0. The molecule has 3 nitrogen and oxygen atoms in total. The highest BCUT2D eigenvalue weighted by Gasteiger charge is 2.39. The van der Waals surface area contributed by atoms with Gasteiger partial charge in [0.05, 0.1) is 5.52 Å². The van der Waals surface area contributed by atoms with Crippen molar-refractivity contribution in [1.82, 2.24) is 15.0 Å². The third-order valence-electron chi connectivity index (χ3n) is 4.87. The molecule has 2 aromatic rings. The second-order valence-corrected chi connectivity index (χ2v) is 6.15. The number of H-pyrrole nitrogens is 1. The number of hydrogen-bond donors (Lipinski definition) is 1. The lowest BCUT2D eigenvalue weighted by Gasteiger charge is -2.20. The zero-order valence-electron chi connectivity index (χ0n) is 10.8. The van der Waals surface area contributed by atoms with Crippen LogP contribution in [-0.2, 0) is 6.42 Å². The average molecular weight is 241 g/mol. The van der Waals surface area contributed by atoms with Crippen LogP contribution in [0.5, 0.6) is 0 Å². The van der Waals surface area contributed by atoms with Crippen molar-refractivity contribution in [2.24, 2.45) is 17.8 Å². The molecule has 18 heavy (non-hydrogen) atoms. The number of aromatic nitrogens is 3. The van der Waals surface area contributed by atoms with Crippen LogP contribution < -0.4 is 0 Å². The summed E-state index contributed by atoms with van der Waals surface area (Å²) in [5.41, 5.74) is 3.01. The monoisotopic (exact) mass is 241 g/mol. The minimum Gasteiger partial charge on any atom is -0.341 e. The molecule has 94 valence electrons. The summed E-state index contributed by atoms with van der Waals surface area (Å²) in [6.45, 7) is 2.02. The van der Waals surface area contributed by atoms with Crippen LogP contribution in [0.3, 0.4) is 0 Å². The van der Waals surface area contributed by atoms with Gasteiger partial charge in [0.15, 0.2) is 5.65 Å². The van der Waals surface area contributed by atoms with Crippen LogP contribution in [0, 0.1) is 24.7 Å². The van der Waals surface area contributed by atoms with Gasteiger partial charge in [-0.15, -0.1) is 0 Å². The van der Waals surface area contributed by atoms with E-state index >= 15 is 0 Å². The van der Waals surface area contributed by atoms with Gasteiger partial charge in [-0.25, -0.2) is 9.97 Å². The number of pyridine rings is 1. The molecule has 0 aliphatic heterocycles. The number of hydrogen-bond acceptors (Lipinski definition) is 2. The highest BCUT2D eigenvalue weighted by molar-refractivity contribution is 5.70. The smallest absolute Gasteiger partial charge is 0.177 e. The zero-order chi connectivity index (χ0) is 12.1. The molecule has 1 N–H and O–H groups in total. The first kappa shape index (κ1) is 10.5. The van der Waals surface area contributed by atoms with Gasteiger partial charge in [-0.3, -0.25) is 0 Å². The van der Waals surface area contributed by atoms with Crippen molar-refractivity contribution in [3.05, 3.63) is 23.7 Å². The fourth-order valence-electron chi connectivity index (χ4n) is 4.01. The van der Waals surface area contributed by atoms with E-state index in [-0.39, 0.29) is 0 Å². The number of imidazole rings is 1. The maximum atomic E-state index is 4.65. The van der Waals surface area contributed by atoms with Crippen LogP contribution in [0.25, 0.3) is 11.2 Å². The minimum absolute atomic E-state index is 0.866. The maximum Gasteiger partial charge on any atom is 0.177 e. The molecule has 0 spiro atoms. The van der Waals surface area contributed by atoms with E-state index in [1.54, 1.807) is 0 Å². The third kappa shape index (κ3) is 1.64. The minimum atomic E-state index is 0.866. The van der Waals surface area contributed by atoms with Crippen molar-refractivity contribution in [3.63, 3.8) is 0 Å². The van der Waals surface area contributed by atoms with E-state index in [4.69, 9.17) is 0 Å². The molecule has 2 heterocycles. The van der Waals surface area contributed by atoms with E-state index in [1.165, 1.54) is 25.7 Å². The van der Waals surface area contributed by atoms with Crippen molar-refractivity contribution in [1.29, 1.82) is 0 Å². The Labute approximate surface area is 107 Å². The summed E-state index contributed by atoms with van der Waals surface area (Å²) in [4.78, 5) is 12.6. The number of fused-ring (bicyclic) bond motifs is 3. The summed E-state index contributed by atoms with van der Waals surface area (Å²) >= 11 is 0. The Hall–Kier alpha value is -1.38. The highest BCUT2D eigenvalue weighted by atomic mass is 15.0. The highest BCUT2D eigenvalue weighted by Crippen LogP contribution is 2.49. The van der Waals surface area contributed by atoms with Gasteiger partial charge in [0.25, 0.3) is 0 Å². The van der Waals surface area contributed by atoms with E-state index in [2.05, 4.69) is 21.0 Å². The first-order chi connectivity index (χ1) is 8.78. The Kier molecular flexibility index (Phi) is 2.23. The SMILES string of the molecule is Cc1ccc2[nH]c(CC3CC4CCC3C4)nc2n1. The van der Waals surface area contributed by atoms with Crippen LogP contribution >= 0.6 is 0 Å². The molecule has 0 amide bonds. The van der Waals surface area contributed by atoms with Crippen molar-refractivity contribution in [2.75, 3.05) is 0 Å². The van der Waals surface area contributed by atoms with Crippen molar-refractivity contribution in [2.45, 2.75) is 39.0 Å². The molecule has 2 aromatic heterocycles. The average Bonchev–Trinajstić information content (AvgIpc) is 3.02. The Morgan fingerprint density at radius 2 is 2.17 bits per heavy atom. The van der Waals surface area contributed by atoms with Crippen LogP contribution in [-0.4, -0.2) is 15.0 Å². The van der Waals surface area contributed by atoms with Gasteiger partial charge in [0, 0.05) is 12.1 Å². The van der Waals surface area contributed by atoms with Crippen LogP contribution in [0.4, 0.5) is 0 Å². The Balaban J connectivity index is 1.59. The van der Waals surface area contributed by atoms with Gasteiger partial charge < -0.3 is 4.98 Å². The molecule has 3 atom stereocenters. The summed E-state index contributed by atoms with van der Waals surface area (Å²) in [7, 11) is 0. The number of aromatic amines is 1. The van der Waals surface area contributed by atoms with Gasteiger partial charge in [-0.2, -0.15) is 0 Å². The van der Waals surface area contributed by atoms with Crippen LogP contribution in [0.15, 0.2) is 12.1 Å². The molecule has 2 aliphatic carbocycles. The predicted octanol–water partition coefficient (Wildman–Crippen LogP) is 3.25. The summed E-state index contributed by atoms with van der Waals surface area (Å²) in [6.07, 6.45) is 6.95. The zero-order valence-corrected chi connectivity index (χ0v) is 10.8. The molecule has 2 bridgehead atoms. The Morgan fingerprint density at radius 3 is 2.94 bits per heavy atom. The van der Waals surface area contributed by atoms with Crippen molar-refractivity contribution >= 4 is 11.2 Å². The molecular formula is C15H19N3. The normalized spacial score (nSPS) is 30.4. The van der Waals surface area contributed by atoms with Gasteiger partial charge >= 0.3 is 0 Å². The summed E-state index contributed by atoms with van der Waals surface area (Å²) in [6, 6.07) is 4.14. The lowest BCUT2D eigenvalue weighted by Crippen LogP contribution is -2.13. The van der Waals surface area contributed by atoms with E-state index < -0.39 is 0 Å². The molecule has 0 aromatic carbocycles. The molecule has 3 heteroatoms. The number of nitrogens with one attached hydrogen (secondary N) is 1. The molecule has 2 aliphatic rings. The van der Waals surface area contributed by atoms with Crippen molar-refractivity contribution < 1.29 is 0 Å². The maximum absolute atomic E-state index is 4.65. The molecule has 0 saturated heterocycles. The quantitative estimate of drug-likeness (QED) is 0.877. The van der Waals surface area contributed by atoms with Crippen LogP contribution in [0.1, 0.15) is 37.2 Å². The van der Waals surface area contributed by atoms with E-state index in [9.17, 15) is 0 Å². The van der Waals surface area contributed by atoms with Gasteiger partial charge in [0.2, 0.25) is 0 Å². The third-order valence-corrected chi connectivity index (χ3v) is 4.87. The van der Waals surface area contributed by atoms with Crippen LogP contribution in [0.2, 0.25) is 0 Å². The van der Waals surface area contributed by atoms with Crippen molar-refractivity contribution in [3.8, 4) is 0 Å². The lowest BCUT2D eigenvalue weighted by atomic mass is 9.86. The molecule has 2 fully saturated rings. The van der Waals surface area contributed by atoms with Gasteiger partial charge in [0.1, 0.15) is 5.82 Å².